The monoisotopic (exact) mass is 267 g/mol. The van der Waals surface area contributed by atoms with Crippen LogP contribution in [0.3, 0.4) is 0 Å². The Morgan fingerprint density at radius 2 is 2.35 bits per heavy atom. The van der Waals surface area contributed by atoms with Gasteiger partial charge in [-0.1, -0.05) is 17.7 Å². The number of halogens is 1. The smallest absolute Gasteiger partial charge is 0.176 e. The molecule has 0 aliphatic carbocycles. The number of hydrogen-bond donors (Lipinski definition) is 0. The molecule has 3 nitrogen and oxygen atoms in total. The van der Waals surface area contributed by atoms with E-state index in [0.717, 1.165) is 5.01 Å². The highest BCUT2D eigenvalue weighted by molar-refractivity contribution is 7.09. The molecule has 0 fully saturated rings. The molecule has 88 valence electrons. The predicted octanol–water partition coefficient (Wildman–Crippen LogP) is 2.99. The second-order valence-electron chi connectivity index (χ2n) is 3.39. The first-order valence-corrected chi connectivity index (χ1v) is 6.28. The van der Waals surface area contributed by atoms with E-state index in [1.54, 1.807) is 30.5 Å². The van der Waals surface area contributed by atoms with Gasteiger partial charge in [0.1, 0.15) is 12.4 Å². The number of Topliss-reactive ketones (excluding diaryl/α,β-unsaturated/α-hetero) is 1. The summed E-state index contributed by atoms with van der Waals surface area (Å²) in [5.74, 6) is 0.602. The minimum absolute atomic E-state index is 0.0000690. The molecule has 0 atom stereocenters. The van der Waals surface area contributed by atoms with E-state index in [-0.39, 0.29) is 12.4 Å². The first kappa shape index (κ1) is 12.1. The number of ether oxygens (including phenoxy) is 1. The highest BCUT2D eigenvalue weighted by Gasteiger charge is 2.06. The van der Waals surface area contributed by atoms with Crippen LogP contribution in [0.5, 0.6) is 5.75 Å². The van der Waals surface area contributed by atoms with Gasteiger partial charge in [-0.3, -0.25) is 4.79 Å². The molecule has 1 aromatic heterocycles. The van der Waals surface area contributed by atoms with Crippen LogP contribution in [0.25, 0.3) is 0 Å². The fourth-order valence-corrected chi connectivity index (χ4v) is 2.11. The van der Waals surface area contributed by atoms with Gasteiger partial charge in [-0.05, 0) is 18.2 Å². The lowest BCUT2D eigenvalue weighted by Gasteiger charge is -2.04. The van der Waals surface area contributed by atoms with Gasteiger partial charge in [-0.2, -0.15) is 0 Å². The zero-order valence-electron chi connectivity index (χ0n) is 8.93. The summed E-state index contributed by atoms with van der Waals surface area (Å²) in [4.78, 5) is 15.6. The Bertz CT molecular complexity index is 499. The quantitative estimate of drug-likeness (QED) is 0.836. The average molecular weight is 268 g/mol. The summed E-state index contributed by atoms with van der Waals surface area (Å²) in [5.41, 5.74) is 0. The molecule has 17 heavy (non-hydrogen) atoms. The third-order valence-electron chi connectivity index (χ3n) is 2.03. The average Bonchev–Trinajstić information content (AvgIpc) is 2.79. The Balaban J connectivity index is 1.84. The van der Waals surface area contributed by atoms with E-state index in [9.17, 15) is 4.79 Å². The van der Waals surface area contributed by atoms with E-state index in [1.807, 2.05) is 5.38 Å². The fraction of sp³-hybridized carbons (Fsp3) is 0.167. The van der Waals surface area contributed by atoms with Gasteiger partial charge in [0.25, 0.3) is 0 Å². The number of carbonyl (C=O) groups excluding carboxylic acids is 1. The number of hydrogen-bond acceptors (Lipinski definition) is 4. The normalized spacial score (nSPS) is 10.2. The lowest BCUT2D eigenvalue weighted by Crippen LogP contribution is -2.13. The molecule has 0 aliphatic heterocycles. The van der Waals surface area contributed by atoms with Crippen molar-refractivity contribution in [2.24, 2.45) is 0 Å². The van der Waals surface area contributed by atoms with Gasteiger partial charge in [-0.25, -0.2) is 4.98 Å². The number of nitrogens with zero attached hydrogens (tertiary/aromatic N) is 1. The molecule has 0 saturated carbocycles. The summed E-state index contributed by atoms with van der Waals surface area (Å²) < 4.78 is 5.34. The molecule has 0 amide bonds. The SMILES string of the molecule is O=C(COc1cccc(Cl)c1)Cc1nccs1. The first-order valence-electron chi connectivity index (χ1n) is 5.02. The maximum absolute atomic E-state index is 11.6. The molecule has 1 heterocycles. The van der Waals surface area contributed by atoms with Crippen molar-refractivity contribution in [3.05, 3.63) is 45.9 Å². The molecule has 2 rings (SSSR count). The molecule has 0 spiro atoms. The highest BCUT2D eigenvalue weighted by Crippen LogP contribution is 2.17. The Kier molecular flexibility index (Phi) is 4.12. The summed E-state index contributed by atoms with van der Waals surface area (Å²) in [6.45, 7) is 0.0416. The second-order valence-corrected chi connectivity index (χ2v) is 4.80. The summed E-state index contributed by atoms with van der Waals surface area (Å²) in [6.07, 6.45) is 2.00. The first-order chi connectivity index (χ1) is 8.24. The largest absolute Gasteiger partial charge is 0.486 e. The molecular weight excluding hydrogens is 258 g/mol. The molecule has 0 unspecified atom stereocenters. The molecule has 5 heteroatoms. The Morgan fingerprint density at radius 1 is 1.47 bits per heavy atom. The third kappa shape index (κ3) is 3.84. The minimum Gasteiger partial charge on any atom is -0.486 e. The van der Waals surface area contributed by atoms with Gasteiger partial charge in [0, 0.05) is 16.6 Å². The Morgan fingerprint density at radius 3 is 3.06 bits per heavy atom. The third-order valence-corrected chi connectivity index (χ3v) is 3.04. The van der Waals surface area contributed by atoms with Crippen LogP contribution >= 0.6 is 22.9 Å². The van der Waals surface area contributed by atoms with E-state index in [1.165, 1.54) is 11.3 Å². The summed E-state index contributed by atoms with van der Waals surface area (Å²) in [7, 11) is 0. The lowest BCUT2D eigenvalue weighted by atomic mass is 10.3. The fourth-order valence-electron chi connectivity index (χ4n) is 1.28. The van der Waals surface area contributed by atoms with Crippen LogP contribution in [0.1, 0.15) is 5.01 Å². The van der Waals surface area contributed by atoms with Crippen molar-refractivity contribution in [1.82, 2.24) is 4.98 Å². The van der Waals surface area contributed by atoms with Crippen molar-refractivity contribution in [1.29, 1.82) is 0 Å². The molecule has 0 N–H and O–H groups in total. The number of ketones is 1. The number of thiazole rings is 1. The molecule has 1 aromatic carbocycles. The molecule has 2 aromatic rings. The van der Waals surface area contributed by atoms with E-state index < -0.39 is 0 Å². The van der Waals surface area contributed by atoms with E-state index in [0.29, 0.717) is 17.2 Å². The topological polar surface area (TPSA) is 39.2 Å². The summed E-state index contributed by atoms with van der Waals surface area (Å²) in [5, 5.41) is 3.25. The minimum atomic E-state index is -0.0000690. The van der Waals surface area contributed by atoms with Gasteiger partial charge >= 0.3 is 0 Å². The standard InChI is InChI=1S/C12H10ClNO2S/c13-9-2-1-3-11(6-9)16-8-10(15)7-12-14-4-5-17-12/h1-6H,7-8H2. The number of carbonyl (C=O) groups is 1. The Labute approximate surface area is 108 Å². The van der Waals surface area contributed by atoms with Crippen LogP contribution in [0.4, 0.5) is 0 Å². The van der Waals surface area contributed by atoms with E-state index >= 15 is 0 Å². The van der Waals surface area contributed by atoms with Gasteiger partial charge in [0.2, 0.25) is 0 Å². The van der Waals surface area contributed by atoms with Crippen molar-refractivity contribution in [2.45, 2.75) is 6.42 Å². The van der Waals surface area contributed by atoms with Crippen molar-refractivity contribution < 1.29 is 9.53 Å². The highest BCUT2D eigenvalue weighted by atomic mass is 35.5. The zero-order chi connectivity index (χ0) is 12.1. The van der Waals surface area contributed by atoms with Crippen molar-refractivity contribution >= 4 is 28.7 Å². The lowest BCUT2D eigenvalue weighted by molar-refractivity contribution is -0.120. The molecule has 0 radical (unpaired) electrons. The Hall–Kier alpha value is -1.39. The van der Waals surface area contributed by atoms with Crippen LogP contribution in [-0.4, -0.2) is 17.4 Å². The summed E-state index contributed by atoms with van der Waals surface area (Å²) in [6, 6.07) is 6.98. The van der Waals surface area contributed by atoms with E-state index in [2.05, 4.69) is 4.98 Å². The molecule has 0 bridgehead atoms. The maximum atomic E-state index is 11.6. The predicted molar refractivity (Wildman–Crippen MR) is 67.8 cm³/mol. The number of rotatable bonds is 5. The van der Waals surface area contributed by atoms with Crippen molar-refractivity contribution in [3.8, 4) is 5.75 Å². The summed E-state index contributed by atoms with van der Waals surface area (Å²) >= 11 is 7.27. The van der Waals surface area contributed by atoms with Crippen LogP contribution in [0.15, 0.2) is 35.8 Å². The van der Waals surface area contributed by atoms with Crippen LogP contribution in [0.2, 0.25) is 5.02 Å². The molecule has 0 aliphatic rings. The van der Waals surface area contributed by atoms with Crippen LogP contribution in [0, 0.1) is 0 Å². The van der Waals surface area contributed by atoms with Crippen molar-refractivity contribution in [2.75, 3.05) is 6.61 Å². The van der Waals surface area contributed by atoms with Gasteiger partial charge in [0.15, 0.2) is 5.78 Å². The zero-order valence-corrected chi connectivity index (χ0v) is 10.5. The number of benzene rings is 1. The number of aromatic nitrogens is 1. The van der Waals surface area contributed by atoms with Crippen molar-refractivity contribution in [3.63, 3.8) is 0 Å². The maximum Gasteiger partial charge on any atom is 0.176 e. The van der Waals surface area contributed by atoms with Crippen LogP contribution < -0.4 is 4.74 Å². The van der Waals surface area contributed by atoms with Gasteiger partial charge in [0.05, 0.1) is 11.4 Å². The second kappa shape index (κ2) is 5.80. The molecular formula is C12H10ClNO2S. The van der Waals surface area contributed by atoms with Crippen LogP contribution in [-0.2, 0) is 11.2 Å². The van der Waals surface area contributed by atoms with Gasteiger partial charge in [-0.15, -0.1) is 11.3 Å². The molecule has 0 saturated heterocycles. The van der Waals surface area contributed by atoms with Gasteiger partial charge < -0.3 is 4.74 Å². The van der Waals surface area contributed by atoms with E-state index in [4.69, 9.17) is 16.3 Å².